The smallest absolute Gasteiger partial charge is 0.349 e. The Hall–Kier alpha value is -2.29. The fraction of sp³-hybridized carbons (Fsp3) is 0.316. The van der Waals surface area contributed by atoms with Gasteiger partial charge in [-0.05, 0) is 36.1 Å². The van der Waals surface area contributed by atoms with Gasteiger partial charge in [-0.1, -0.05) is 56.7 Å². The number of para-hydroxylation sites is 1. The van der Waals surface area contributed by atoms with Crippen molar-refractivity contribution in [3.05, 3.63) is 59.7 Å². The van der Waals surface area contributed by atoms with Crippen molar-refractivity contribution in [2.24, 2.45) is 0 Å². The summed E-state index contributed by atoms with van der Waals surface area (Å²) in [6.07, 6.45) is 0. The van der Waals surface area contributed by atoms with E-state index in [0.717, 1.165) is 11.3 Å². The van der Waals surface area contributed by atoms with Gasteiger partial charge in [0.25, 0.3) is 0 Å². The molecular formula is C19H22O3. The Labute approximate surface area is 131 Å². The minimum Gasteiger partial charge on any atom is -0.482 e. The van der Waals surface area contributed by atoms with Crippen LogP contribution in [0.5, 0.6) is 11.5 Å². The molecule has 0 N–H and O–H groups in total. The molecule has 0 aromatic heterocycles. The van der Waals surface area contributed by atoms with Crippen LogP contribution in [0.25, 0.3) is 0 Å². The number of carbonyl (C=O) groups is 1. The quantitative estimate of drug-likeness (QED) is 0.624. The van der Waals surface area contributed by atoms with Gasteiger partial charge < -0.3 is 9.47 Å². The zero-order chi connectivity index (χ0) is 16.2. The average molecular weight is 298 g/mol. The molecule has 0 spiro atoms. The molecule has 0 amide bonds. The molecule has 0 heterocycles. The highest BCUT2D eigenvalue weighted by atomic mass is 16.6. The molecule has 0 radical (unpaired) electrons. The van der Waals surface area contributed by atoms with E-state index in [1.165, 1.54) is 5.56 Å². The number of hydrogen-bond donors (Lipinski definition) is 0. The summed E-state index contributed by atoms with van der Waals surface area (Å²) in [6, 6.07) is 15.0. The van der Waals surface area contributed by atoms with E-state index in [2.05, 4.69) is 26.8 Å². The van der Waals surface area contributed by atoms with Gasteiger partial charge in [0.2, 0.25) is 0 Å². The van der Waals surface area contributed by atoms with Gasteiger partial charge in [0, 0.05) is 0 Å². The van der Waals surface area contributed by atoms with Gasteiger partial charge in [-0.3, -0.25) is 0 Å². The van der Waals surface area contributed by atoms with Crippen molar-refractivity contribution in [3.63, 3.8) is 0 Å². The summed E-state index contributed by atoms with van der Waals surface area (Å²) in [5.41, 5.74) is 2.20. The van der Waals surface area contributed by atoms with Crippen molar-refractivity contribution in [2.75, 3.05) is 6.61 Å². The van der Waals surface area contributed by atoms with E-state index < -0.39 is 5.97 Å². The van der Waals surface area contributed by atoms with E-state index in [1.807, 2.05) is 37.3 Å². The van der Waals surface area contributed by atoms with E-state index >= 15 is 0 Å². The summed E-state index contributed by atoms with van der Waals surface area (Å²) < 4.78 is 10.9. The number of ether oxygens (including phenoxy) is 2. The summed E-state index contributed by atoms with van der Waals surface area (Å²) in [5.74, 6) is 0.839. The molecule has 3 heteroatoms. The third kappa shape index (κ3) is 4.35. The molecular weight excluding hydrogens is 276 g/mol. The van der Waals surface area contributed by atoms with Crippen molar-refractivity contribution in [3.8, 4) is 11.5 Å². The minimum absolute atomic E-state index is 0.0509. The molecule has 0 aliphatic rings. The van der Waals surface area contributed by atoms with Crippen LogP contribution in [0.4, 0.5) is 0 Å². The van der Waals surface area contributed by atoms with Gasteiger partial charge >= 0.3 is 5.97 Å². The van der Waals surface area contributed by atoms with E-state index in [1.54, 1.807) is 12.1 Å². The predicted octanol–water partition coefficient (Wildman–Crippen LogP) is 4.28. The summed E-state index contributed by atoms with van der Waals surface area (Å²) in [5, 5.41) is 0. The van der Waals surface area contributed by atoms with Crippen molar-refractivity contribution in [1.82, 2.24) is 0 Å². The molecule has 0 unspecified atom stereocenters. The van der Waals surface area contributed by atoms with Crippen LogP contribution in [-0.2, 0) is 10.2 Å². The molecule has 0 aliphatic heterocycles. The fourth-order valence-electron chi connectivity index (χ4n) is 2.14. The van der Waals surface area contributed by atoms with Crippen LogP contribution < -0.4 is 9.47 Å². The molecule has 0 saturated carbocycles. The number of aryl methyl sites for hydroxylation is 1. The highest BCUT2D eigenvalue weighted by molar-refractivity contribution is 5.74. The van der Waals surface area contributed by atoms with Crippen molar-refractivity contribution in [2.45, 2.75) is 33.1 Å². The maximum atomic E-state index is 11.9. The summed E-state index contributed by atoms with van der Waals surface area (Å²) >= 11 is 0. The number of rotatable bonds is 4. The van der Waals surface area contributed by atoms with E-state index in [0.29, 0.717) is 5.75 Å². The molecule has 2 rings (SSSR count). The lowest BCUT2D eigenvalue weighted by Crippen LogP contribution is -2.20. The van der Waals surface area contributed by atoms with Gasteiger partial charge in [-0.25, -0.2) is 4.79 Å². The first-order valence-electron chi connectivity index (χ1n) is 7.36. The van der Waals surface area contributed by atoms with Crippen molar-refractivity contribution >= 4 is 5.97 Å². The Kier molecular flexibility index (Phi) is 4.86. The van der Waals surface area contributed by atoms with E-state index in [-0.39, 0.29) is 12.0 Å². The van der Waals surface area contributed by atoms with Gasteiger partial charge in [0.05, 0.1) is 0 Å². The van der Waals surface area contributed by atoms with Gasteiger partial charge in [-0.2, -0.15) is 0 Å². The third-order valence-corrected chi connectivity index (χ3v) is 3.26. The lowest BCUT2D eigenvalue weighted by Gasteiger charge is -2.23. The first-order valence-corrected chi connectivity index (χ1v) is 7.36. The highest BCUT2D eigenvalue weighted by Gasteiger charge is 2.20. The Morgan fingerprint density at radius 1 is 1.05 bits per heavy atom. The molecule has 3 nitrogen and oxygen atoms in total. The summed E-state index contributed by atoms with van der Waals surface area (Å²) in [6.45, 7) is 8.30. The van der Waals surface area contributed by atoms with Crippen molar-refractivity contribution < 1.29 is 14.3 Å². The minimum atomic E-state index is -0.411. The average Bonchev–Trinajstić information content (AvgIpc) is 2.46. The highest BCUT2D eigenvalue weighted by Crippen LogP contribution is 2.32. The number of hydrogen-bond acceptors (Lipinski definition) is 3. The Morgan fingerprint density at radius 2 is 1.73 bits per heavy atom. The van der Waals surface area contributed by atoms with Crippen LogP contribution in [0, 0.1) is 6.92 Å². The van der Waals surface area contributed by atoms with Gasteiger partial charge in [0.15, 0.2) is 6.61 Å². The van der Waals surface area contributed by atoms with Crippen LogP contribution in [0.15, 0.2) is 48.5 Å². The van der Waals surface area contributed by atoms with Crippen LogP contribution >= 0.6 is 0 Å². The maximum absolute atomic E-state index is 11.9. The molecule has 2 aromatic rings. The van der Waals surface area contributed by atoms with E-state index in [4.69, 9.17) is 9.47 Å². The molecule has 0 saturated heterocycles. The maximum Gasteiger partial charge on any atom is 0.349 e. The third-order valence-electron chi connectivity index (χ3n) is 3.26. The SMILES string of the molecule is Cc1ccc(OCC(=O)Oc2ccccc2)c(C(C)(C)C)c1. The lowest BCUT2D eigenvalue weighted by atomic mass is 9.85. The molecule has 2 aromatic carbocycles. The molecule has 0 aliphatic carbocycles. The largest absolute Gasteiger partial charge is 0.482 e. The molecule has 0 fully saturated rings. The molecule has 0 atom stereocenters. The van der Waals surface area contributed by atoms with Crippen molar-refractivity contribution in [1.29, 1.82) is 0 Å². The zero-order valence-corrected chi connectivity index (χ0v) is 13.6. The molecule has 116 valence electrons. The second-order valence-electron chi connectivity index (χ2n) is 6.33. The Morgan fingerprint density at radius 3 is 2.36 bits per heavy atom. The Balaban J connectivity index is 2.04. The van der Waals surface area contributed by atoms with Crippen LogP contribution in [-0.4, -0.2) is 12.6 Å². The zero-order valence-electron chi connectivity index (χ0n) is 13.6. The fourth-order valence-corrected chi connectivity index (χ4v) is 2.14. The van der Waals surface area contributed by atoms with Crippen LogP contribution in [0.3, 0.4) is 0 Å². The predicted molar refractivity (Wildman–Crippen MR) is 87.5 cm³/mol. The topological polar surface area (TPSA) is 35.5 Å². The second kappa shape index (κ2) is 6.65. The molecule has 0 bridgehead atoms. The first kappa shape index (κ1) is 16.1. The Bertz CT molecular complexity index is 639. The monoisotopic (exact) mass is 298 g/mol. The van der Waals surface area contributed by atoms with Crippen LogP contribution in [0.2, 0.25) is 0 Å². The van der Waals surface area contributed by atoms with Crippen LogP contribution in [0.1, 0.15) is 31.9 Å². The molecule has 22 heavy (non-hydrogen) atoms. The second-order valence-corrected chi connectivity index (χ2v) is 6.33. The number of carbonyl (C=O) groups excluding carboxylic acids is 1. The number of benzene rings is 2. The standard InChI is InChI=1S/C19H22O3/c1-14-10-11-17(16(12-14)19(2,3)4)21-13-18(20)22-15-8-6-5-7-9-15/h5-12H,13H2,1-4H3. The normalized spacial score (nSPS) is 11.1. The van der Waals surface area contributed by atoms with Gasteiger partial charge in [-0.15, -0.1) is 0 Å². The number of esters is 1. The summed E-state index contributed by atoms with van der Waals surface area (Å²) in [4.78, 5) is 11.9. The summed E-state index contributed by atoms with van der Waals surface area (Å²) in [7, 11) is 0. The van der Waals surface area contributed by atoms with E-state index in [9.17, 15) is 4.79 Å². The lowest BCUT2D eigenvalue weighted by molar-refractivity contribution is -0.136. The van der Waals surface area contributed by atoms with Gasteiger partial charge in [0.1, 0.15) is 11.5 Å². The first-order chi connectivity index (χ1) is 10.4.